The van der Waals surface area contributed by atoms with Crippen molar-refractivity contribution in [2.75, 3.05) is 7.11 Å². The molecule has 1 aromatic carbocycles. The molecule has 0 fully saturated rings. The molecule has 1 rings (SSSR count). The standard InChI is InChI=1S/C13H16Cl2O2/c1-3-4-6-10(13(16)17-2)9-7-5-8-11(14)12(9)15/h5,7-8,10H,3-4,6H2,1-2H3. The lowest BCUT2D eigenvalue weighted by atomic mass is 9.93. The summed E-state index contributed by atoms with van der Waals surface area (Å²) in [5, 5.41) is 0.912. The number of carbonyl (C=O) groups is 1. The van der Waals surface area contributed by atoms with Crippen molar-refractivity contribution in [3.8, 4) is 0 Å². The highest BCUT2D eigenvalue weighted by atomic mass is 35.5. The number of benzene rings is 1. The van der Waals surface area contributed by atoms with E-state index in [4.69, 9.17) is 27.9 Å². The van der Waals surface area contributed by atoms with E-state index >= 15 is 0 Å². The minimum atomic E-state index is -0.328. The number of unbranched alkanes of at least 4 members (excludes halogenated alkanes) is 1. The highest BCUT2D eigenvalue weighted by Gasteiger charge is 2.23. The van der Waals surface area contributed by atoms with Gasteiger partial charge in [-0.05, 0) is 18.1 Å². The topological polar surface area (TPSA) is 26.3 Å². The van der Waals surface area contributed by atoms with Crippen LogP contribution in [0, 0.1) is 0 Å². The van der Waals surface area contributed by atoms with Crippen LogP contribution in [0.1, 0.15) is 37.7 Å². The van der Waals surface area contributed by atoms with Gasteiger partial charge in [-0.2, -0.15) is 0 Å². The SMILES string of the molecule is CCCCC(C(=O)OC)c1cccc(Cl)c1Cl. The molecule has 1 aromatic rings. The fourth-order valence-corrected chi connectivity index (χ4v) is 2.18. The Bertz CT molecular complexity index is 391. The average molecular weight is 275 g/mol. The van der Waals surface area contributed by atoms with Crippen LogP contribution in [0.3, 0.4) is 0 Å². The van der Waals surface area contributed by atoms with Gasteiger partial charge in [-0.1, -0.05) is 55.1 Å². The van der Waals surface area contributed by atoms with Crippen LogP contribution in [0.25, 0.3) is 0 Å². The molecule has 94 valence electrons. The molecule has 0 radical (unpaired) electrons. The molecule has 0 aliphatic heterocycles. The molecule has 0 amide bonds. The highest BCUT2D eigenvalue weighted by molar-refractivity contribution is 6.42. The molecular formula is C13H16Cl2O2. The van der Waals surface area contributed by atoms with E-state index in [1.807, 2.05) is 6.07 Å². The molecule has 0 bridgehead atoms. The first kappa shape index (κ1) is 14.3. The molecule has 0 N–H and O–H groups in total. The van der Waals surface area contributed by atoms with Crippen LogP contribution in [0.4, 0.5) is 0 Å². The van der Waals surface area contributed by atoms with Gasteiger partial charge in [-0.15, -0.1) is 0 Å². The summed E-state index contributed by atoms with van der Waals surface area (Å²) < 4.78 is 4.82. The maximum Gasteiger partial charge on any atom is 0.313 e. The lowest BCUT2D eigenvalue weighted by Crippen LogP contribution is -2.14. The Morgan fingerprint density at radius 3 is 2.71 bits per heavy atom. The number of rotatable bonds is 5. The summed E-state index contributed by atoms with van der Waals surface area (Å²) in [5.74, 6) is -0.589. The van der Waals surface area contributed by atoms with Crippen LogP contribution >= 0.6 is 23.2 Å². The average Bonchev–Trinajstić information content (AvgIpc) is 2.34. The molecule has 4 heteroatoms. The molecule has 0 spiro atoms. The maximum atomic E-state index is 11.8. The summed E-state index contributed by atoms with van der Waals surface area (Å²) >= 11 is 12.1. The van der Waals surface area contributed by atoms with Crippen LogP contribution in [0.2, 0.25) is 10.0 Å². The Morgan fingerprint density at radius 2 is 2.12 bits per heavy atom. The third kappa shape index (κ3) is 3.62. The molecule has 2 nitrogen and oxygen atoms in total. The molecule has 1 atom stereocenters. The first-order valence-corrected chi connectivity index (χ1v) is 6.39. The third-order valence-electron chi connectivity index (χ3n) is 2.69. The quantitative estimate of drug-likeness (QED) is 0.742. The molecule has 0 aliphatic carbocycles. The molecule has 0 aromatic heterocycles. The molecule has 0 aliphatic rings. The maximum absolute atomic E-state index is 11.8. The first-order chi connectivity index (χ1) is 8.11. The minimum absolute atomic E-state index is 0.261. The van der Waals surface area contributed by atoms with Crippen molar-refractivity contribution in [1.82, 2.24) is 0 Å². The van der Waals surface area contributed by atoms with Gasteiger partial charge in [0.25, 0.3) is 0 Å². The van der Waals surface area contributed by atoms with Crippen LogP contribution in [-0.2, 0) is 9.53 Å². The van der Waals surface area contributed by atoms with E-state index in [2.05, 4.69) is 6.92 Å². The van der Waals surface area contributed by atoms with Crippen molar-refractivity contribution in [3.63, 3.8) is 0 Å². The summed E-state index contributed by atoms with van der Waals surface area (Å²) in [6.07, 6.45) is 2.69. The van der Waals surface area contributed by atoms with Crippen molar-refractivity contribution in [3.05, 3.63) is 33.8 Å². The zero-order valence-corrected chi connectivity index (χ0v) is 11.5. The summed E-state index contributed by atoms with van der Waals surface area (Å²) in [6, 6.07) is 5.33. The number of esters is 1. The van der Waals surface area contributed by atoms with Crippen LogP contribution in [0.15, 0.2) is 18.2 Å². The van der Waals surface area contributed by atoms with E-state index in [9.17, 15) is 4.79 Å². The summed E-state index contributed by atoms with van der Waals surface area (Å²) in [6.45, 7) is 2.08. The van der Waals surface area contributed by atoms with Crippen LogP contribution in [0.5, 0.6) is 0 Å². The number of hydrogen-bond acceptors (Lipinski definition) is 2. The number of methoxy groups -OCH3 is 1. The number of hydrogen-bond donors (Lipinski definition) is 0. The van der Waals surface area contributed by atoms with E-state index in [1.54, 1.807) is 12.1 Å². The van der Waals surface area contributed by atoms with Gasteiger partial charge >= 0.3 is 5.97 Å². The van der Waals surface area contributed by atoms with Gasteiger partial charge in [0.05, 0.1) is 23.1 Å². The Morgan fingerprint density at radius 1 is 1.41 bits per heavy atom. The molecule has 0 saturated carbocycles. The molecule has 0 heterocycles. The zero-order valence-electron chi connectivity index (χ0n) is 10.0. The Labute approximate surface area is 112 Å². The molecule has 1 unspecified atom stereocenters. The van der Waals surface area contributed by atoms with E-state index in [0.29, 0.717) is 10.0 Å². The zero-order chi connectivity index (χ0) is 12.8. The van der Waals surface area contributed by atoms with Gasteiger partial charge in [-0.3, -0.25) is 4.79 Å². The summed E-state index contributed by atoms with van der Waals surface area (Å²) in [4.78, 5) is 11.8. The second-order valence-corrected chi connectivity index (χ2v) is 4.65. The Hall–Kier alpha value is -0.730. The second kappa shape index (κ2) is 6.87. The lowest BCUT2D eigenvalue weighted by molar-refractivity contribution is -0.142. The van der Waals surface area contributed by atoms with Crippen molar-refractivity contribution >= 4 is 29.2 Å². The van der Waals surface area contributed by atoms with Gasteiger partial charge in [-0.25, -0.2) is 0 Å². The highest BCUT2D eigenvalue weighted by Crippen LogP contribution is 2.34. The lowest BCUT2D eigenvalue weighted by Gasteiger charge is -2.16. The van der Waals surface area contributed by atoms with E-state index in [1.165, 1.54) is 7.11 Å². The third-order valence-corrected chi connectivity index (χ3v) is 3.52. The largest absolute Gasteiger partial charge is 0.469 e. The van der Waals surface area contributed by atoms with E-state index in [-0.39, 0.29) is 11.9 Å². The minimum Gasteiger partial charge on any atom is -0.469 e. The van der Waals surface area contributed by atoms with Gasteiger partial charge in [0.1, 0.15) is 0 Å². The number of carbonyl (C=O) groups excluding carboxylic acids is 1. The Kier molecular flexibility index (Phi) is 5.79. The van der Waals surface area contributed by atoms with Crippen molar-refractivity contribution < 1.29 is 9.53 Å². The monoisotopic (exact) mass is 274 g/mol. The van der Waals surface area contributed by atoms with Crippen molar-refractivity contribution in [1.29, 1.82) is 0 Å². The van der Waals surface area contributed by atoms with Crippen molar-refractivity contribution in [2.24, 2.45) is 0 Å². The van der Waals surface area contributed by atoms with Gasteiger partial charge in [0.15, 0.2) is 0 Å². The molecule has 17 heavy (non-hydrogen) atoms. The van der Waals surface area contributed by atoms with Crippen molar-refractivity contribution in [2.45, 2.75) is 32.1 Å². The summed E-state index contributed by atoms with van der Waals surface area (Å²) in [7, 11) is 1.39. The predicted molar refractivity (Wildman–Crippen MR) is 70.7 cm³/mol. The fourth-order valence-electron chi connectivity index (χ4n) is 1.74. The van der Waals surface area contributed by atoms with Crippen LogP contribution < -0.4 is 0 Å². The van der Waals surface area contributed by atoms with Crippen LogP contribution in [-0.4, -0.2) is 13.1 Å². The Balaban J connectivity index is 3.03. The normalized spacial score (nSPS) is 12.2. The van der Waals surface area contributed by atoms with Gasteiger partial charge in [0.2, 0.25) is 0 Å². The molecular weight excluding hydrogens is 259 g/mol. The number of ether oxygens (including phenoxy) is 1. The predicted octanol–water partition coefficient (Wildman–Crippen LogP) is 4.44. The fraction of sp³-hybridized carbons (Fsp3) is 0.462. The first-order valence-electron chi connectivity index (χ1n) is 5.63. The second-order valence-electron chi connectivity index (χ2n) is 3.86. The van der Waals surface area contributed by atoms with Gasteiger partial charge < -0.3 is 4.74 Å². The van der Waals surface area contributed by atoms with Gasteiger partial charge in [0, 0.05) is 0 Å². The summed E-state index contributed by atoms with van der Waals surface area (Å²) in [5.41, 5.74) is 0.750. The van der Waals surface area contributed by atoms with E-state index in [0.717, 1.165) is 24.8 Å². The smallest absolute Gasteiger partial charge is 0.313 e. The molecule has 0 saturated heterocycles. The number of halogens is 2. The van der Waals surface area contributed by atoms with E-state index < -0.39 is 0 Å².